The van der Waals surface area contributed by atoms with Gasteiger partial charge in [-0.05, 0) is 12.1 Å². The van der Waals surface area contributed by atoms with Gasteiger partial charge in [0.05, 0.1) is 0 Å². The van der Waals surface area contributed by atoms with Gasteiger partial charge in [0, 0.05) is 17.0 Å². The van der Waals surface area contributed by atoms with Gasteiger partial charge in [-0.3, -0.25) is 0 Å². The number of hydrogen-bond acceptors (Lipinski definition) is 2. The van der Waals surface area contributed by atoms with E-state index in [9.17, 15) is 4.91 Å². The van der Waals surface area contributed by atoms with Crippen LogP contribution in [0.1, 0.15) is 0 Å². The summed E-state index contributed by atoms with van der Waals surface area (Å²) < 4.78 is 0.398. The molecular weight excluding hydrogens is 160 g/mol. The second-order valence-electron chi connectivity index (χ2n) is 1.94. The highest BCUT2D eigenvalue weighted by Crippen LogP contribution is 2.08. The maximum Gasteiger partial charge on any atom is 0.428 e. The summed E-state index contributed by atoms with van der Waals surface area (Å²) in [7, 11) is 0. The van der Waals surface area contributed by atoms with Crippen LogP contribution in [0.25, 0.3) is 0 Å². The van der Waals surface area contributed by atoms with Gasteiger partial charge in [-0.15, -0.1) is 0 Å². The summed E-state index contributed by atoms with van der Waals surface area (Å²) in [6, 6.07) is 8.45. The van der Waals surface area contributed by atoms with E-state index >= 15 is 0 Å². The van der Waals surface area contributed by atoms with Crippen molar-refractivity contribution < 1.29 is 4.76 Å². The lowest BCUT2D eigenvalue weighted by molar-refractivity contribution is -0.329. The monoisotopic (exact) mass is 166 g/mol. The van der Waals surface area contributed by atoms with Crippen LogP contribution in [0, 0.1) is 4.91 Å². The van der Waals surface area contributed by atoms with Gasteiger partial charge < -0.3 is 0 Å². The molecule has 55 valence electrons. The number of rotatable bonds is 1. The zero-order chi connectivity index (χ0) is 8.27. The Kier molecular flexibility index (Phi) is 2.28. The molecule has 11 heavy (non-hydrogen) atoms. The van der Waals surface area contributed by atoms with Crippen molar-refractivity contribution in [3.8, 4) is 0 Å². The van der Waals surface area contributed by atoms with Crippen molar-refractivity contribution >= 4 is 23.0 Å². The standard InChI is InChI=1S/C7H6N2OS/c8-7(11)9(10)6-4-2-1-3-5-6/h1-5,8H/q+1. The van der Waals surface area contributed by atoms with Crippen molar-refractivity contribution in [2.75, 3.05) is 0 Å². The van der Waals surface area contributed by atoms with E-state index in [2.05, 4.69) is 12.2 Å². The lowest BCUT2D eigenvalue weighted by Gasteiger charge is -1.89. The lowest BCUT2D eigenvalue weighted by Crippen LogP contribution is -2.10. The molecule has 0 saturated carbocycles. The van der Waals surface area contributed by atoms with E-state index < -0.39 is 5.11 Å². The van der Waals surface area contributed by atoms with E-state index in [1.807, 2.05) is 0 Å². The summed E-state index contributed by atoms with van der Waals surface area (Å²) in [5.74, 6) is 0. The van der Waals surface area contributed by atoms with Gasteiger partial charge in [0.25, 0.3) is 0 Å². The van der Waals surface area contributed by atoms with Gasteiger partial charge in [-0.25, -0.2) is 0 Å². The Balaban J connectivity index is 2.95. The lowest BCUT2D eigenvalue weighted by atomic mass is 10.3. The molecule has 0 amide bonds. The van der Waals surface area contributed by atoms with Crippen LogP contribution in [0.4, 0.5) is 5.69 Å². The molecule has 1 N–H and O–H groups in total. The Bertz CT molecular complexity index is 284. The highest BCUT2D eigenvalue weighted by Gasteiger charge is 2.12. The zero-order valence-electron chi connectivity index (χ0n) is 5.65. The molecule has 0 aliphatic carbocycles. The van der Waals surface area contributed by atoms with E-state index in [1.165, 1.54) is 0 Å². The molecule has 0 heterocycles. The maximum atomic E-state index is 10.9. The van der Waals surface area contributed by atoms with Crippen LogP contribution in [0.3, 0.4) is 0 Å². The fourth-order valence-corrected chi connectivity index (χ4v) is 0.786. The van der Waals surface area contributed by atoms with Crippen LogP contribution in [0.5, 0.6) is 0 Å². The normalized spacial score (nSPS) is 9.09. The molecule has 0 aliphatic heterocycles. The topological polar surface area (TPSA) is 43.9 Å². The number of benzene rings is 1. The minimum Gasteiger partial charge on any atom is -0.0853 e. The van der Waals surface area contributed by atoms with E-state index in [0.29, 0.717) is 10.4 Å². The van der Waals surface area contributed by atoms with Gasteiger partial charge >= 0.3 is 5.11 Å². The molecule has 3 nitrogen and oxygen atoms in total. The first-order valence-corrected chi connectivity index (χ1v) is 3.40. The first-order valence-electron chi connectivity index (χ1n) is 2.99. The summed E-state index contributed by atoms with van der Waals surface area (Å²) in [5.41, 5.74) is 7.26. The number of para-hydroxylation sites is 1. The molecule has 1 aromatic carbocycles. The predicted molar refractivity (Wildman–Crippen MR) is 45.4 cm³/mol. The molecule has 1 radical (unpaired) electrons. The van der Waals surface area contributed by atoms with Crippen molar-refractivity contribution in [1.29, 1.82) is 0 Å². The van der Waals surface area contributed by atoms with Crippen molar-refractivity contribution in [2.24, 2.45) is 0 Å². The molecule has 0 fully saturated rings. The molecule has 0 spiro atoms. The van der Waals surface area contributed by atoms with E-state index in [4.69, 9.17) is 5.73 Å². The Morgan fingerprint density at radius 1 is 1.36 bits per heavy atom. The molecule has 0 aliphatic rings. The third-order valence-electron chi connectivity index (χ3n) is 1.18. The Labute approximate surface area is 69.4 Å². The smallest absolute Gasteiger partial charge is 0.0853 e. The minimum atomic E-state index is -0.420. The molecular formula is C7H6N2OS+. The summed E-state index contributed by atoms with van der Waals surface area (Å²) in [4.78, 5) is 10.9. The number of thiocarbonyl (C=S) groups is 1. The maximum absolute atomic E-state index is 10.9. The number of hydrogen-bond donors (Lipinski definition) is 0. The third kappa shape index (κ3) is 1.81. The molecule has 4 heteroatoms. The van der Waals surface area contributed by atoms with Gasteiger partial charge in [0.15, 0.2) is 5.69 Å². The Morgan fingerprint density at radius 2 is 1.91 bits per heavy atom. The van der Waals surface area contributed by atoms with Crippen LogP contribution in [0.2, 0.25) is 0 Å². The molecule has 0 saturated heterocycles. The van der Waals surface area contributed by atoms with Gasteiger partial charge in [-0.1, -0.05) is 28.8 Å². The predicted octanol–water partition coefficient (Wildman–Crippen LogP) is 1.66. The zero-order valence-corrected chi connectivity index (χ0v) is 6.47. The second kappa shape index (κ2) is 3.21. The first-order chi connectivity index (χ1) is 5.22. The van der Waals surface area contributed by atoms with Crippen LogP contribution < -0.4 is 5.73 Å². The summed E-state index contributed by atoms with van der Waals surface area (Å²) in [6.45, 7) is 0. The van der Waals surface area contributed by atoms with Crippen molar-refractivity contribution in [3.05, 3.63) is 35.2 Å². The highest BCUT2D eigenvalue weighted by molar-refractivity contribution is 7.79. The fraction of sp³-hybridized carbons (Fsp3) is 0. The van der Waals surface area contributed by atoms with Crippen LogP contribution in [-0.4, -0.2) is 9.87 Å². The average molecular weight is 166 g/mol. The van der Waals surface area contributed by atoms with E-state index in [1.54, 1.807) is 30.3 Å². The van der Waals surface area contributed by atoms with E-state index in [0.717, 1.165) is 0 Å². The summed E-state index contributed by atoms with van der Waals surface area (Å²) in [6.07, 6.45) is 0. The van der Waals surface area contributed by atoms with Crippen LogP contribution >= 0.6 is 12.2 Å². The van der Waals surface area contributed by atoms with Gasteiger partial charge in [0.1, 0.15) is 0 Å². The molecule has 0 aromatic heterocycles. The second-order valence-corrected chi connectivity index (χ2v) is 2.32. The Morgan fingerprint density at radius 3 is 2.36 bits per heavy atom. The first kappa shape index (κ1) is 7.81. The number of nitroso groups, excluding NO2 is 1. The molecule has 1 rings (SSSR count). The SMILES string of the molecule is [NH]C(=S)[N+](=O)c1ccccc1. The largest absolute Gasteiger partial charge is 0.428 e. The molecule has 0 unspecified atom stereocenters. The van der Waals surface area contributed by atoms with E-state index in [-0.39, 0.29) is 0 Å². The Hall–Kier alpha value is -1.29. The molecule has 1 aromatic rings. The van der Waals surface area contributed by atoms with Crippen molar-refractivity contribution in [2.45, 2.75) is 0 Å². The van der Waals surface area contributed by atoms with Gasteiger partial charge in [-0.2, -0.15) is 0 Å². The summed E-state index contributed by atoms with van der Waals surface area (Å²) >= 11 is 4.38. The average Bonchev–Trinajstić information content (AvgIpc) is 2.05. The van der Waals surface area contributed by atoms with Crippen molar-refractivity contribution in [3.63, 3.8) is 0 Å². The number of nitrogens with one attached hydrogen (secondary N) is 1. The highest BCUT2D eigenvalue weighted by atomic mass is 32.1. The van der Waals surface area contributed by atoms with Crippen molar-refractivity contribution in [1.82, 2.24) is 5.73 Å². The number of nitrogens with zero attached hydrogens (tertiary/aromatic N) is 1. The fourth-order valence-electron chi connectivity index (χ4n) is 0.681. The van der Waals surface area contributed by atoms with Gasteiger partial charge in [0.2, 0.25) is 0 Å². The van der Waals surface area contributed by atoms with Crippen LogP contribution in [-0.2, 0) is 0 Å². The quantitative estimate of drug-likeness (QED) is 0.470. The molecule has 0 bridgehead atoms. The van der Waals surface area contributed by atoms with Crippen LogP contribution in [0.15, 0.2) is 30.3 Å². The molecule has 0 atom stereocenters. The summed E-state index contributed by atoms with van der Waals surface area (Å²) in [5, 5.41) is -0.420. The third-order valence-corrected chi connectivity index (χ3v) is 1.34. The minimum absolute atomic E-state index is 0.396.